The molecule has 0 aromatic rings. The third-order valence-corrected chi connectivity index (χ3v) is 13.6. The van der Waals surface area contributed by atoms with Crippen LogP contribution in [-0.2, 0) is 0 Å². The molecule has 4 heteroatoms. The lowest BCUT2D eigenvalue weighted by Crippen LogP contribution is -2.28. The maximum atomic E-state index is 2.49. The molecular formula is C8H23AlClSi2. The van der Waals surface area contributed by atoms with Crippen molar-refractivity contribution in [1.29, 1.82) is 0 Å². The highest BCUT2D eigenvalue weighted by molar-refractivity contribution is 6.89. The Morgan fingerprint density at radius 1 is 0.750 bits per heavy atom. The van der Waals surface area contributed by atoms with E-state index in [0.29, 0.717) is 0 Å². The van der Waals surface area contributed by atoms with Crippen molar-refractivity contribution in [3.05, 3.63) is 0 Å². The SMILES string of the molecule is C[Si](C)(C)[CH2][Al][CH2][Si](C)(C)C.Cl. The molecule has 0 N–H and O–H groups in total. The highest BCUT2D eigenvalue weighted by atomic mass is 35.5. The van der Waals surface area contributed by atoms with Gasteiger partial charge in [-0.25, -0.2) is 0 Å². The van der Waals surface area contributed by atoms with E-state index >= 15 is 0 Å². The molecule has 0 saturated heterocycles. The number of rotatable bonds is 4. The van der Waals surface area contributed by atoms with Crippen molar-refractivity contribution in [3.63, 3.8) is 0 Å². The van der Waals surface area contributed by atoms with E-state index in [-0.39, 0.29) is 12.4 Å². The summed E-state index contributed by atoms with van der Waals surface area (Å²) in [7, 11) is -1.40. The smallest absolute Gasteiger partial charge is 0.147 e. The van der Waals surface area contributed by atoms with Gasteiger partial charge in [-0.2, -0.15) is 0 Å². The third kappa shape index (κ3) is 13.8. The first kappa shape index (κ1) is 15.7. The van der Waals surface area contributed by atoms with E-state index < -0.39 is 16.1 Å². The predicted molar refractivity (Wildman–Crippen MR) is 69.3 cm³/mol. The number of hydrogen-bond donors (Lipinski definition) is 0. The van der Waals surface area contributed by atoms with Crippen molar-refractivity contribution in [1.82, 2.24) is 0 Å². The molecule has 0 fully saturated rings. The molecule has 0 unspecified atom stereocenters. The molecule has 0 amide bonds. The highest BCUT2D eigenvalue weighted by Gasteiger charge is 2.17. The molecule has 0 aliphatic heterocycles. The normalized spacial score (nSPS) is 12.2. The molecule has 0 aliphatic carbocycles. The van der Waals surface area contributed by atoms with Gasteiger partial charge in [0.1, 0.15) is 0 Å². The minimum Gasteiger partial charge on any atom is -0.147 e. The Labute approximate surface area is 92.7 Å². The lowest BCUT2D eigenvalue weighted by molar-refractivity contribution is 1.57. The Hall–Kier alpha value is 1.26. The zero-order chi connectivity index (χ0) is 9.12. The topological polar surface area (TPSA) is 0 Å². The van der Waals surface area contributed by atoms with Crippen LogP contribution >= 0.6 is 12.4 Å². The van der Waals surface area contributed by atoms with Gasteiger partial charge in [-0.15, -0.1) is 22.2 Å². The summed E-state index contributed by atoms with van der Waals surface area (Å²) in [4.78, 5) is 3.22. The summed E-state index contributed by atoms with van der Waals surface area (Å²) in [5.74, 6) is 0. The zero-order valence-electron chi connectivity index (χ0n) is 9.40. The van der Waals surface area contributed by atoms with Crippen LogP contribution in [0.1, 0.15) is 0 Å². The molecule has 0 atom stereocenters. The Balaban J connectivity index is 0. The van der Waals surface area contributed by atoms with Crippen molar-refractivity contribution in [2.24, 2.45) is 0 Å². The maximum Gasteiger partial charge on any atom is 0.193 e. The minimum atomic E-state index is -0.698. The van der Waals surface area contributed by atoms with Crippen LogP contribution in [0.15, 0.2) is 0 Å². The zero-order valence-corrected chi connectivity index (χ0v) is 13.4. The Kier molecular flexibility index (Phi) is 7.70. The standard InChI is InChI=1S/2C4H11Si.Al.ClH/c2*1-5(2,3)4;;/h2*1H2,2-4H3;;1H. The molecule has 0 aromatic heterocycles. The molecule has 0 aromatic carbocycles. The second-order valence-electron chi connectivity index (χ2n) is 5.82. The van der Waals surface area contributed by atoms with Crippen LogP contribution < -0.4 is 0 Å². The molecular weight excluding hydrogens is 215 g/mol. The van der Waals surface area contributed by atoms with Gasteiger partial charge in [0.25, 0.3) is 0 Å². The van der Waals surface area contributed by atoms with Crippen LogP contribution in [0.3, 0.4) is 0 Å². The predicted octanol–water partition coefficient (Wildman–Crippen LogP) is 3.70. The van der Waals surface area contributed by atoms with Crippen LogP contribution in [0.5, 0.6) is 0 Å². The van der Waals surface area contributed by atoms with Gasteiger partial charge in [-0.05, 0) is 0 Å². The second-order valence-corrected chi connectivity index (χ2v) is 19.9. The summed E-state index contributed by atoms with van der Waals surface area (Å²) in [5, 5.41) is 0. The van der Waals surface area contributed by atoms with Crippen LogP contribution in [0, 0.1) is 0 Å². The lowest BCUT2D eigenvalue weighted by Gasteiger charge is -2.19. The Morgan fingerprint density at radius 2 is 1.00 bits per heavy atom. The van der Waals surface area contributed by atoms with Gasteiger partial charge >= 0.3 is 0 Å². The van der Waals surface area contributed by atoms with E-state index in [0.717, 1.165) is 15.2 Å². The summed E-state index contributed by atoms with van der Waals surface area (Å²) in [5.41, 5.74) is 0. The van der Waals surface area contributed by atoms with E-state index in [9.17, 15) is 0 Å². The summed E-state index contributed by atoms with van der Waals surface area (Å²) in [6.07, 6.45) is 0. The summed E-state index contributed by atoms with van der Waals surface area (Å²) >= 11 is 0.792. The van der Waals surface area contributed by atoms with Crippen molar-refractivity contribution < 1.29 is 0 Å². The number of hydrogen-bond acceptors (Lipinski definition) is 0. The van der Waals surface area contributed by atoms with Gasteiger partial charge < -0.3 is 0 Å². The van der Waals surface area contributed by atoms with Crippen molar-refractivity contribution in [2.75, 3.05) is 0 Å². The van der Waals surface area contributed by atoms with Gasteiger partial charge in [0.2, 0.25) is 0 Å². The van der Waals surface area contributed by atoms with Crippen LogP contribution in [-0.4, -0.2) is 31.4 Å². The van der Waals surface area contributed by atoms with E-state index in [1.807, 2.05) is 0 Å². The summed E-state index contributed by atoms with van der Waals surface area (Å²) in [6.45, 7) is 14.9. The third-order valence-electron chi connectivity index (χ3n) is 1.51. The first-order valence-electron chi connectivity index (χ1n) is 4.52. The lowest BCUT2D eigenvalue weighted by atomic mass is 11.7. The van der Waals surface area contributed by atoms with Gasteiger partial charge in [0.15, 0.2) is 15.2 Å². The van der Waals surface area contributed by atoms with Crippen molar-refractivity contribution >= 4 is 43.8 Å². The molecule has 0 aliphatic rings. The Bertz CT molecular complexity index is 101. The van der Waals surface area contributed by atoms with E-state index in [1.54, 1.807) is 9.81 Å². The first-order chi connectivity index (χ1) is 4.71. The fourth-order valence-electron chi connectivity index (χ4n) is 0.938. The van der Waals surface area contributed by atoms with Gasteiger partial charge in [-0.3, -0.25) is 0 Å². The average molecular weight is 238 g/mol. The molecule has 0 rings (SSSR count). The molecule has 1 radical (unpaired) electrons. The fourth-order valence-corrected chi connectivity index (χ4v) is 9.74. The molecule has 0 spiro atoms. The summed E-state index contributed by atoms with van der Waals surface area (Å²) in [6, 6.07) is 0. The van der Waals surface area contributed by atoms with Crippen molar-refractivity contribution in [2.45, 2.75) is 49.1 Å². The molecule has 0 saturated carbocycles. The highest BCUT2D eigenvalue weighted by Crippen LogP contribution is 2.12. The van der Waals surface area contributed by atoms with Crippen LogP contribution in [0.25, 0.3) is 0 Å². The van der Waals surface area contributed by atoms with Crippen LogP contribution in [0.2, 0.25) is 49.1 Å². The molecule has 12 heavy (non-hydrogen) atoms. The molecule has 73 valence electrons. The Morgan fingerprint density at radius 3 is 1.17 bits per heavy atom. The van der Waals surface area contributed by atoms with E-state index in [1.165, 1.54) is 0 Å². The fraction of sp³-hybridized carbons (Fsp3) is 1.00. The number of halogens is 1. The van der Waals surface area contributed by atoms with Gasteiger partial charge in [-0.1, -0.05) is 39.3 Å². The molecule has 0 heterocycles. The largest absolute Gasteiger partial charge is 0.193 e. The van der Waals surface area contributed by atoms with E-state index in [2.05, 4.69) is 39.3 Å². The van der Waals surface area contributed by atoms with Gasteiger partial charge in [0, 0.05) is 16.1 Å². The first-order valence-corrected chi connectivity index (χ1v) is 13.6. The second kappa shape index (κ2) is 5.88. The minimum absolute atomic E-state index is 0. The average Bonchev–Trinajstić information content (AvgIpc) is 1.55. The maximum absolute atomic E-state index is 2.49. The van der Waals surface area contributed by atoms with Crippen molar-refractivity contribution in [3.8, 4) is 0 Å². The van der Waals surface area contributed by atoms with Crippen LogP contribution in [0.4, 0.5) is 0 Å². The monoisotopic (exact) mass is 237 g/mol. The van der Waals surface area contributed by atoms with E-state index in [4.69, 9.17) is 0 Å². The molecule has 0 bridgehead atoms. The quantitative estimate of drug-likeness (QED) is 0.655. The summed E-state index contributed by atoms with van der Waals surface area (Å²) < 4.78 is 0. The molecule has 0 nitrogen and oxygen atoms in total. The van der Waals surface area contributed by atoms with Gasteiger partial charge in [0.05, 0.1) is 0 Å².